The molecule has 2 unspecified atom stereocenters. The summed E-state index contributed by atoms with van der Waals surface area (Å²) in [5, 5.41) is 4.69. The molecule has 0 aromatic carbocycles. The third-order valence-corrected chi connectivity index (χ3v) is 7.78. The zero-order valence-corrected chi connectivity index (χ0v) is 22.1. The second kappa shape index (κ2) is 11.8. The van der Waals surface area contributed by atoms with E-state index in [1.54, 1.807) is 11.8 Å². The van der Waals surface area contributed by atoms with Crippen LogP contribution in [0.5, 0.6) is 0 Å². The highest BCUT2D eigenvalue weighted by molar-refractivity contribution is 8.06. The maximum absolute atomic E-state index is 5.14. The van der Waals surface area contributed by atoms with Crippen LogP contribution in [0.3, 0.4) is 0 Å². The van der Waals surface area contributed by atoms with Gasteiger partial charge in [0.05, 0.1) is 11.1 Å². The quantitative estimate of drug-likeness (QED) is 0.540. The van der Waals surface area contributed by atoms with Crippen LogP contribution in [-0.4, -0.2) is 53.9 Å². The Bertz CT molecular complexity index is 1140. The van der Waals surface area contributed by atoms with E-state index in [4.69, 9.17) is 9.98 Å². The van der Waals surface area contributed by atoms with Gasteiger partial charge < -0.3 is 15.1 Å². The number of aliphatic imine (C=N–C) groups is 2. The van der Waals surface area contributed by atoms with Gasteiger partial charge in [0.15, 0.2) is 5.96 Å². The van der Waals surface area contributed by atoms with Gasteiger partial charge in [-0.15, -0.1) is 0 Å². The van der Waals surface area contributed by atoms with E-state index in [0.717, 1.165) is 68.7 Å². The highest BCUT2D eigenvalue weighted by atomic mass is 32.2. The fourth-order valence-corrected chi connectivity index (χ4v) is 5.80. The summed E-state index contributed by atoms with van der Waals surface area (Å²) >= 11 is 1.77. The van der Waals surface area contributed by atoms with Crippen LogP contribution in [0.15, 0.2) is 92.6 Å². The summed E-state index contributed by atoms with van der Waals surface area (Å²) in [5.74, 6) is 2.40. The number of nitrogens with one attached hydrogen (secondary N) is 1. The Morgan fingerprint density at radius 1 is 1.03 bits per heavy atom. The van der Waals surface area contributed by atoms with E-state index in [9.17, 15) is 0 Å². The average molecular weight is 501 g/mol. The molecule has 3 aliphatic heterocycles. The van der Waals surface area contributed by atoms with E-state index < -0.39 is 0 Å². The zero-order chi connectivity index (χ0) is 24.7. The van der Waals surface area contributed by atoms with E-state index in [-0.39, 0.29) is 6.04 Å². The molecule has 4 heterocycles. The van der Waals surface area contributed by atoms with Crippen LogP contribution in [0.1, 0.15) is 39.5 Å². The molecule has 0 bridgehead atoms. The minimum Gasteiger partial charge on any atom is -0.368 e. The predicted molar refractivity (Wildman–Crippen MR) is 153 cm³/mol. The summed E-state index contributed by atoms with van der Waals surface area (Å²) in [7, 11) is 0. The average Bonchev–Trinajstić information content (AvgIpc) is 3.11. The molecule has 0 spiro atoms. The fraction of sp³-hybridized carbons (Fsp3) is 0.414. The van der Waals surface area contributed by atoms with Crippen LogP contribution in [0.2, 0.25) is 0 Å². The number of aromatic nitrogens is 1. The summed E-state index contributed by atoms with van der Waals surface area (Å²) < 4.78 is 0. The lowest BCUT2D eigenvalue weighted by atomic mass is 9.95. The molecule has 0 saturated carbocycles. The largest absolute Gasteiger partial charge is 0.368 e. The molecule has 1 aromatic heterocycles. The highest BCUT2D eigenvalue weighted by Gasteiger charge is 2.26. The van der Waals surface area contributed by atoms with Crippen LogP contribution in [0, 0.1) is 5.92 Å². The number of amidine groups is 1. The van der Waals surface area contributed by atoms with Crippen molar-refractivity contribution in [3.63, 3.8) is 0 Å². The van der Waals surface area contributed by atoms with Gasteiger partial charge in [0.1, 0.15) is 5.84 Å². The Kier molecular flexibility index (Phi) is 8.06. The molecule has 4 aliphatic rings. The molecule has 0 radical (unpaired) electrons. The predicted octanol–water partition coefficient (Wildman–Crippen LogP) is 5.67. The van der Waals surface area contributed by atoms with Crippen LogP contribution < -0.4 is 10.2 Å². The molecule has 5 rings (SSSR count). The van der Waals surface area contributed by atoms with E-state index in [1.165, 1.54) is 16.2 Å². The minimum atomic E-state index is 0.0888. The molecule has 1 N–H and O–H groups in total. The summed E-state index contributed by atoms with van der Waals surface area (Å²) in [6.07, 6.45) is 23.7. The van der Waals surface area contributed by atoms with Crippen LogP contribution in [-0.2, 0) is 0 Å². The lowest BCUT2D eigenvalue weighted by Crippen LogP contribution is -2.55. The minimum absolute atomic E-state index is 0.0888. The molecular formula is C29H36N6S. The second-order valence-corrected chi connectivity index (χ2v) is 11.0. The van der Waals surface area contributed by atoms with E-state index in [2.05, 4.69) is 88.6 Å². The van der Waals surface area contributed by atoms with E-state index in [0.29, 0.717) is 5.92 Å². The maximum Gasteiger partial charge on any atom is 0.200 e. The third-order valence-electron chi connectivity index (χ3n) is 6.83. The Balaban J connectivity index is 1.32. The molecule has 1 fully saturated rings. The molecule has 1 aliphatic carbocycles. The van der Waals surface area contributed by atoms with Crippen molar-refractivity contribution < 1.29 is 0 Å². The number of hydrogen-bond donors (Lipinski definition) is 1. The third kappa shape index (κ3) is 6.58. The first kappa shape index (κ1) is 24.6. The van der Waals surface area contributed by atoms with Crippen LogP contribution in [0.25, 0.3) is 0 Å². The first-order chi connectivity index (χ1) is 17.6. The lowest BCUT2D eigenvalue weighted by molar-refractivity contribution is 0.374. The van der Waals surface area contributed by atoms with Gasteiger partial charge in [-0.25, -0.2) is 9.98 Å². The van der Waals surface area contributed by atoms with Crippen LogP contribution in [0.4, 0.5) is 5.69 Å². The number of piperazine rings is 1. The number of hydrogen-bond acceptors (Lipinski definition) is 6. The SMILES string of the molecule is CC1=CC(C=CC2CC(=NC3=CCCC=C(C)S3)NC(N3CCN(c4ccncc4)CC3)=N2)CC=C1. The van der Waals surface area contributed by atoms with E-state index >= 15 is 0 Å². The lowest BCUT2D eigenvalue weighted by Gasteiger charge is -2.39. The summed E-state index contributed by atoms with van der Waals surface area (Å²) in [6, 6.07) is 4.26. The van der Waals surface area contributed by atoms with Crippen molar-refractivity contribution in [1.82, 2.24) is 15.2 Å². The zero-order valence-electron chi connectivity index (χ0n) is 21.3. The van der Waals surface area contributed by atoms with E-state index in [1.807, 2.05) is 12.4 Å². The Morgan fingerprint density at radius 3 is 2.61 bits per heavy atom. The number of pyridine rings is 1. The summed E-state index contributed by atoms with van der Waals surface area (Å²) in [5.41, 5.74) is 2.57. The van der Waals surface area contributed by atoms with Gasteiger partial charge in [0.2, 0.25) is 0 Å². The van der Waals surface area contributed by atoms with Crippen molar-refractivity contribution in [3.8, 4) is 0 Å². The number of allylic oxidation sites excluding steroid dienone is 8. The molecular weight excluding hydrogens is 464 g/mol. The molecule has 1 aromatic rings. The molecule has 1 saturated heterocycles. The number of anilines is 1. The standard InChI is InChI=1S/C29H36N6S/c1-22-6-5-8-24(20-22)10-11-25-21-27(32-28-9-4-3-7-23(2)36-28)33-29(31-25)35-18-16-34(17-19-35)26-12-14-30-15-13-26/h5-7,9-15,20,24-25H,3-4,8,16-19,21H2,1-2H3,(H,31,32,33). The Labute approximate surface area is 219 Å². The van der Waals surface area contributed by atoms with Crippen molar-refractivity contribution in [2.45, 2.75) is 45.6 Å². The number of rotatable bonds is 4. The molecule has 7 heteroatoms. The first-order valence-electron chi connectivity index (χ1n) is 13.0. The van der Waals surface area contributed by atoms with Gasteiger partial charge in [-0.2, -0.15) is 0 Å². The van der Waals surface area contributed by atoms with Crippen molar-refractivity contribution >= 4 is 29.2 Å². The van der Waals surface area contributed by atoms with Gasteiger partial charge in [-0.1, -0.05) is 59.9 Å². The van der Waals surface area contributed by atoms with Crippen LogP contribution >= 0.6 is 11.8 Å². The second-order valence-electron chi connectivity index (χ2n) is 9.72. The van der Waals surface area contributed by atoms with Gasteiger partial charge >= 0.3 is 0 Å². The first-order valence-corrected chi connectivity index (χ1v) is 13.8. The molecule has 0 amide bonds. The number of guanidine groups is 1. The Morgan fingerprint density at radius 2 is 1.81 bits per heavy atom. The van der Waals surface area contributed by atoms with Gasteiger partial charge in [-0.3, -0.25) is 4.98 Å². The van der Waals surface area contributed by atoms with Crippen molar-refractivity contribution in [2.75, 3.05) is 31.1 Å². The highest BCUT2D eigenvalue weighted by Crippen LogP contribution is 2.30. The molecule has 188 valence electrons. The topological polar surface area (TPSA) is 56.1 Å². The van der Waals surface area contributed by atoms with Crippen molar-refractivity contribution in [1.29, 1.82) is 0 Å². The van der Waals surface area contributed by atoms with Crippen molar-refractivity contribution in [2.24, 2.45) is 15.9 Å². The summed E-state index contributed by atoms with van der Waals surface area (Å²) in [6.45, 7) is 8.11. The van der Waals surface area contributed by atoms with Gasteiger partial charge in [0, 0.05) is 50.7 Å². The number of nitrogens with zero attached hydrogens (tertiary/aromatic N) is 5. The van der Waals surface area contributed by atoms with Gasteiger partial charge in [0.25, 0.3) is 0 Å². The molecule has 2 atom stereocenters. The number of thioether (sulfide) groups is 1. The smallest absolute Gasteiger partial charge is 0.200 e. The van der Waals surface area contributed by atoms with Crippen molar-refractivity contribution in [3.05, 3.63) is 82.6 Å². The monoisotopic (exact) mass is 500 g/mol. The Hall–Kier alpha value is -3.06. The maximum atomic E-state index is 5.14. The molecule has 6 nitrogen and oxygen atoms in total. The fourth-order valence-electron chi connectivity index (χ4n) is 4.91. The molecule has 36 heavy (non-hydrogen) atoms. The summed E-state index contributed by atoms with van der Waals surface area (Å²) in [4.78, 5) is 20.5. The normalized spacial score (nSPS) is 26.2. The van der Waals surface area contributed by atoms with Gasteiger partial charge in [-0.05, 0) is 56.1 Å².